The maximum atomic E-state index is 5.76. The highest BCUT2D eigenvalue weighted by Gasteiger charge is 2.03. The third kappa shape index (κ3) is 5.57. The van der Waals surface area contributed by atoms with Crippen LogP contribution >= 0.6 is 0 Å². The fraction of sp³-hybridized carbons (Fsp3) is 0.500. The van der Waals surface area contributed by atoms with E-state index in [-0.39, 0.29) is 6.10 Å². The Morgan fingerprint density at radius 3 is 2.94 bits per heavy atom. The number of rotatable bonds is 6. The van der Waals surface area contributed by atoms with Crippen molar-refractivity contribution >= 4 is 5.96 Å². The van der Waals surface area contributed by atoms with Gasteiger partial charge in [-0.2, -0.15) is 0 Å². The first-order chi connectivity index (χ1) is 8.61. The highest BCUT2D eigenvalue weighted by molar-refractivity contribution is 5.77. The van der Waals surface area contributed by atoms with E-state index in [0.29, 0.717) is 12.5 Å². The van der Waals surface area contributed by atoms with Crippen LogP contribution in [0.25, 0.3) is 0 Å². The molecule has 0 heterocycles. The van der Waals surface area contributed by atoms with Crippen molar-refractivity contribution in [3.63, 3.8) is 0 Å². The highest BCUT2D eigenvalue weighted by atomic mass is 16.5. The number of ether oxygens (including phenoxy) is 1. The highest BCUT2D eigenvalue weighted by Crippen LogP contribution is 2.14. The standard InChI is InChI=1S/C14H23N3O/c1-4-8-16-14(15)17-10-12(3)18-13-7-5-6-11(2)9-13/h5-7,9,12H,4,8,10H2,1-3H3,(H3,15,16,17). The third-order valence-corrected chi connectivity index (χ3v) is 2.40. The number of nitrogens with two attached hydrogens (primary N) is 1. The van der Waals surface area contributed by atoms with Crippen molar-refractivity contribution in [1.29, 1.82) is 0 Å². The van der Waals surface area contributed by atoms with E-state index in [1.165, 1.54) is 5.56 Å². The van der Waals surface area contributed by atoms with Crippen LogP contribution in [0, 0.1) is 6.92 Å². The van der Waals surface area contributed by atoms with Crippen LogP contribution in [0.4, 0.5) is 0 Å². The Morgan fingerprint density at radius 2 is 2.28 bits per heavy atom. The van der Waals surface area contributed by atoms with Crippen LogP contribution in [0.15, 0.2) is 29.3 Å². The van der Waals surface area contributed by atoms with E-state index in [1.54, 1.807) is 0 Å². The molecule has 0 saturated carbocycles. The Hall–Kier alpha value is -1.71. The lowest BCUT2D eigenvalue weighted by atomic mass is 10.2. The maximum Gasteiger partial charge on any atom is 0.188 e. The lowest BCUT2D eigenvalue weighted by Crippen LogP contribution is -2.33. The summed E-state index contributed by atoms with van der Waals surface area (Å²) in [5, 5.41) is 3.03. The molecule has 1 atom stereocenters. The Bertz CT molecular complexity index is 390. The molecule has 0 radical (unpaired) electrons. The van der Waals surface area contributed by atoms with Crippen LogP contribution in [0.1, 0.15) is 25.8 Å². The Morgan fingerprint density at radius 1 is 1.50 bits per heavy atom. The minimum atomic E-state index is 0.00813. The Balaban J connectivity index is 2.39. The second-order valence-electron chi connectivity index (χ2n) is 4.40. The summed E-state index contributed by atoms with van der Waals surface area (Å²) >= 11 is 0. The molecule has 4 nitrogen and oxygen atoms in total. The van der Waals surface area contributed by atoms with Crippen LogP contribution in [-0.4, -0.2) is 25.2 Å². The van der Waals surface area contributed by atoms with E-state index >= 15 is 0 Å². The molecule has 3 N–H and O–H groups in total. The van der Waals surface area contributed by atoms with E-state index in [1.807, 2.05) is 38.1 Å². The summed E-state index contributed by atoms with van der Waals surface area (Å²) < 4.78 is 5.76. The molecule has 18 heavy (non-hydrogen) atoms. The van der Waals surface area contributed by atoms with Gasteiger partial charge in [0.05, 0.1) is 6.54 Å². The minimum Gasteiger partial charge on any atom is -0.489 e. The average molecular weight is 249 g/mol. The van der Waals surface area contributed by atoms with Crippen molar-refractivity contribution in [2.24, 2.45) is 10.7 Å². The maximum absolute atomic E-state index is 5.76. The zero-order chi connectivity index (χ0) is 13.4. The molecule has 0 amide bonds. The largest absolute Gasteiger partial charge is 0.489 e. The van der Waals surface area contributed by atoms with Gasteiger partial charge in [-0.25, -0.2) is 4.99 Å². The van der Waals surface area contributed by atoms with Crippen LogP contribution < -0.4 is 15.8 Å². The molecular formula is C14H23N3O. The normalized spacial score (nSPS) is 13.2. The van der Waals surface area contributed by atoms with Gasteiger partial charge in [-0.05, 0) is 38.0 Å². The predicted molar refractivity (Wildman–Crippen MR) is 76.1 cm³/mol. The van der Waals surface area contributed by atoms with E-state index in [2.05, 4.69) is 17.2 Å². The number of benzene rings is 1. The second kappa shape index (κ2) is 7.58. The number of nitrogens with zero attached hydrogens (tertiary/aromatic N) is 1. The van der Waals surface area contributed by atoms with Crippen molar-refractivity contribution in [1.82, 2.24) is 5.32 Å². The van der Waals surface area contributed by atoms with E-state index in [9.17, 15) is 0 Å². The topological polar surface area (TPSA) is 59.6 Å². The summed E-state index contributed by atoms with van der Waals surface area (Å²) in [6.45, 7) is 7.52. The van der Waals surface area contributed by atoms with Gasteiger partial charge in [-0.3, -0.25) is 0 Å². The molecule has 4 heteroatoms. The Labute approximate surface area is 109 Å². The van der Waals surface area contributed by atoms with Gasteiger partial charge in [-0.1, -0.05) is 19.1 Å². The van der Waals surface area contributed by atoms with Crippen molar-refractivity contribution in [3.05, 3.63) is 29.8 Å². The zero-order valence-corrected chi connectivity index (χ0v) is 11.4. The number of guanidine groups is 1. The van der Waals surface area contributed by atoms with Gasteiger partial charge in [0.1, 0.15) is 11.9 Å². The van der Waals surface area contributed by atoms with Crippen LogP contribution in [-0.2, 0) is 0 Å². The van der Waals surface area contributed by atoms with Crippen molar-refractivity contribution in [2.45, 2.75) is 33.3 Å². The van der Waals surface area contributed by atoms with Gasteiger partial charge >= 0.3 is 0 Å². The first-order valence-electron chi connectivity index (χ1n) is 6.39. The fourth-order valence-electron chi connectivity index (χ4n) is 1.49. The minimum absolute atomic E-state index is 0.00813. The molecule has 0 aliphatic heterocycles. The van der Waals surface area contributed by atoms with Crippen LogP contribution in [0.5, 0.6) is 5.75 Å². The smallest absolute Gasteiger partial charge is 0.188 e. The summed E-state index contributed by atoms with van der Waals surface area (Å²) in [7, 11) is 0. The van der Waals surface area contributed by atoms with E-state index in [4.69, 9.17) is 10.5 Å². The molecule has 0 spiro atoms. The van der Waals surface area contributed by atoms with E-state index in [0.717, 1.165) is 18.7 Å². The summed E-state index contributed by atoms with van der Waals surface area (Å²) in [6, 6.07) is 7.99. The lowest BCUT2D eigenvalue weighted by molar-refractivity contribution is 0.230. The molecule has 0 saturated heterocycles. The molecule has 0 aromatic heterocycles. The van der Waals surface area contributed by atoms with Crippen LogP contribution in [0.2, 0.25) is 0 Å². The molecule has 1 aromatic carbocycles. The quantitative estimate of drug-likeness (QED) is 0.599. The first kappa shape index (κ1) is 14.4. The van der Waals surface area contributed by atoms with Crippen molar-refractivity contribution in [3.8, 4) is 5.75 Å². The summed E-state index contributed by atoms with van der Waals surface area (Å²) in [5.74, 6) is 1.36. The summed E-state index contributed by atoms with van der Waals surface area (Å²) in [6.07, 6.45) is 1.04. The number of nitrogens with one attached hydrogen (secondary N) is 1. The molecule has 0 aliphatic rings. The SMILES string of the molecule is CCCNC(N)=NCC(C)Oc1cccc(C)c1. The summed E-state index contributed by atoms with van der Waals surface area (Å²) in [4.78, 5) is 4.24. The zero-order valence-electron chi connectivity index (χ0n) is 11.4. The first-order valence-corrected chi connectivity index (χ1v) is 6.39. The molecule has 1 unspecified atom stereocenters. The number of aryl methyl sites for hydroxylation is 1. The third-order valence-electron chi connectivity index (χ3n) is 2.40. The number of hydrogen-bond acceptors (Lipinski definition) is 2. The van der Waals surface area contributed by atoms with Crippen LogP contribution in [0.3, 0.4) is 0 Å². The van der Waals surface area contributed by atoms with Gasteiger partial charge in [0.25, 0.3) is 0 Å². The fourth-order valence-corrected chi connectivity index (χ4v) is 1.49. The monoisotopic (exact) mass is 249 g/mol. The predicted octanol–water partition coefficient (Wildman–Crippen LogP) is 2.08. The number of aliphatic imine (C=N–C) groups is 1. The molecule has 100 valence electrons. The molecule has 0 fully saturated rings. The van der Waals surface area contributed by atoms with Crippen molar-refractivity contribution in [2.75, 3.05) is 13.1 Å². The molecular weight excluding hydrogens is 226 g/mol. The molecule has 0 bridgehead atoms. The molecule has 1 rings (SSSR count). The van der Waals surface area contributed by atoms with Gasteiger partial charge in [0, 0.05) is 6.54 Å². The van der Waals surface area contributed by atoms with Crippen molar-refractivity contribution < 1.29 is 4.74 Å². The van der Waals surface area contributed by atoms with Gasteiger partial charge in [-0.15, -0.1) is 0 Å². The number of hydrogen-bond donors (Lipinski definition) is 2. The molecule has 1 aromatic rings. The second-order valence-corrected chi connectivity index (χ2v) is 4.40. The summed E-state index contributed by atoms with van der Waals surface area (Å²) in [5.41, 5.74) is 6.90. The Kier molecular flexibility index (Phi) is 6.05. The average Bonchev–Trinajstić information content (AvgIpc) is 2.34. The van der Waals surface area contributed by atoms with Gasteiger partial charge < -0.3 is 15.8 Å². The van der Waals surface area contributed by atoms with E-state index < -0.39 is 0 Å². The lowest BCUT2D eigenvalue weighted by Gasteiger charge is -2.13. The van der Waals surface area contributed by atoms with Gasteiger partial charge in [0.15, 0.2) is 5.96 Å². The molecule has 0 aliphatic carbocycles. The van der Waals surface area contributed by atoms with Gasteiger partial charge in [0.2, 0.25) is 0 Å².